The predicted molar refractivity (Wildman–Crippen MR) is 62.6 cm³/mol. The second kappa shape index (κ2) is 3.52. The van der Waals surface area contributed by atoms with Crippen molar-refractivity contribution >= 4 is 5.97 Å². The van der Waals surface area contributed by atoms with Crippen LogP contribution in [-0.4, -0.2) is 11.6 Å². The molecule has 1 saturated carbocycles. The zero-order chi connectivity index (χ0) is 12.0. The van der Waals surface area contributed by atoms with Crippen LogP contribution in [0.1, 0.15) is 46.5 Å². The summed E-state index contributed by atoms with van der Waals surface area (Å²) in [4.78, 5) is 11.6. The van der Waals surface area contributed by atoms with E-state index in [2.05, 4.69) is 26.7 Å². The Bertz CT molecular complexity index is 350. The molecule has 0 N–H and O–H groups in total. The van der Waals surface area contributed by atoms with Crippen LogP contribution >= 0.6 is 0 Å². The van der Waals surface area contributed by atoms with Gasteiger partial charge in [-0.1, -0.05) is 26.7 Å². The van der Waals surface area contributed by atoms with Gasteiger partial charge in [-0.25, -0.2) is 0 Å². The Kier molecular flexibility index (Phi) is 2.53. The maximum Gasteiger partial charge on any atom is 0.307 e. The monoisotopic (exact) mass is 220 g/mol. The first-order valence-corrected chi connectivity index (χ1v) is 6.11. The molecule has 2 nitrogen and oxygen atoms in total. The Morgan fingerprint density at radius 1 is 1.44 bits per heavy atom. The Labute approximate surface area is 97.7 Å². The summed E-state index contributed by atoms with van der Waals surface area (Å²) in [7, 11) is 0. The van der Waals surface area contributed by atoms with Crippen LogP contribution in [0.2, 0.25) is 0 Å². The Morgan fingerprint density at radius 2 is 2.12 bits per heavy atom. The Morgan fingerprint density at radius 3 is 2.75 bits per heavy atom. The van der Waals surface area contributed by atoms with Gasteiger partial charge in [-0.2, -0.15) is 0 Å². The molecule has 16 heavy (non-hydrogen) atoms. The summed E-state index contributed by atoms with van der Waals surface area (Å²) < 4.78 is 5.56. The highest BCUT2D eigenvalue weighted by Gasteiger charge is 2.56. The molecular formula is C14H20O2. The molecule has 1 aliphatic heterocycles. The molecule has 2 heteroatoms. The van der Waals surface area contributed by atoms with Gasteiger partial charge >= 0.3 is 5.97 Å². The van der Waals surface area contributed by atoms with Crippen LogP contribution in [0.4, 0.5) is 0 Å². The van der Waals surface area contributed by atoms with Crippen molar-refractivity contribution in [3.63, 3.8) is 0 Å². The van der Waals surface area contributed by atoms with Crippen LogP contribution in [-0.2, 0) is 9.53 Å². The smallest absolute Gasteiger partial charge is 0.307 e. The quantitative estimate of drug-likeness (QED) is 0.463. The van der Waals surface area contributed by atoms with E-state index in [9.17, 15) is 4.79 Å². The summed E-state index contributed by atoms with van der Waals surface area (Å²) in [6, 6.07) is 0. The van der Waals surface area contributed by atoms with Gasteiger partial charge in [0.1, 0.15) is 0 Å². The van der Waals surface area contributed by atoms with Gasteiger partial charge in [-0.15, -0.1) is 6.42 Å². The second-order valence-electron chi connectivity index (χ2n) is 6.01. The van der Waals surface area contributed by atoms with E-state index in [1.165, 1.54) is 6.42 Å². The number of ether oxygens (including phenoxy) is 1. The van der Waals surface area contributed by atoms with Crippen molar-refractivity contribution in [3.8, 4) is 12.3 Å². The lowest BCUT2D eigenvalue weighted by atomic mass is 9.56. The van der Waals surface area contributed by atoms with Crippen molar-refractivity contribution in [1.29, 1.82) is 0 Å². The molecule has 0 spiro atoms. The molecule has 1 aliphatic carbocycles. The Hall–Kier alpha value is -0.970. The van der Waals surface area contributed by atoms with E-state index in [0.29, 0.717) is 18.3 Å². The first-order valence-electron chi connectivity index (χ1n) is 6.11. The molecule has 1 heterocycles. The summed E-state index contributed by atoms with van der Waals surface area (Å²) in [6.45, 7) is 6.63. The standard InChI is InChI=1S/C14H20O2/c1-5-14-8-6-7-13(3,4)12(14)10(2)9-11(15)16-14/h1,10,12H,6-9H2,2-4H3/t10-,12-,14?/m1/s1. The highest BCUT2D eigenvalue weighted by atomic mass is 16.6. The second-order valence-corrected chi connectivity index (χ2v) is 6.01. The van der Waals surface area contributed by atoms with Crippen LogP contribution in [0, 0.1) is 29.6 Å². The third-order valence-corrected chi connectivity index (χ3v) is 4.31. The fourth-order valence-corrected chi connectivity index (χ4v) is 3.91. The lowest BCUT2D eigenvalue weighted by Gasteiger charge is -2.53. The van der Waals surface area contributed by atoms with E-state index >= 15 is 0 Å². The molecular weight excluding hydrogens is 200 g/mol. The minimum absolute atomic E-state index is 0.126. The van der Waals surface area contributed by atoms with E-state index < -0.39 is 5.60 Å². The summed E-state index contributed by atoms with van der Waals surface area (Å²) in [5, 5.41) is 0. The zero-order valence-electron chi connectivity index (χ0n) is 10.4. The molecule has 1 unspecified atom stereocenters. The average Bonchev–Trinajstić information content (AvgIpc) is 2.14. The minimum Gasteiger partial charge on any atom is -0.445 e. The summed E-state index contributed by atoms with van der Waals surface area (Å²) in [5.41, 5.74) is -0.457. The molecule has 1 saturated heterocycles. The molecule has 0 aromatic rings. The lowest BCUT2D eigenvalue weighted by Crippen LogP contribution is -2.56. The number of rotatable bonds is 0. The largest absolute Gasteiger partial charge is 0.445 e. The van der Waals surface area contributed by atoms with E-state index in [1.54, 1.807) is 0 Å². The van der Waals surface area contributed by atoms with Crippen LogP contribution in [0.15, 0.2) is 0 Å². The van der Waals surface area contributed by atoms with Crippen molar-refractivity contribution in [1.82, 2.24) is 0 Å². The number of terminal acetylenes is 1. The molecule has 0 aromatic carbocycles. The number of carbonyl (C=O) groups excluding carboxylic acids is 1. The summed E-state index contributed by atoms with van der Waals surface area (Å²) >= 11 is 0. The maximum absolute atomic E-state index is 11.6. The van der Waals surface area contributed by atoms with Gasteiger partial charge in [0.25, 0.3) is 0 Å². The molecule has 0 amide bonds. The van der Waals surface area contributed by atoms with Crippen LogP contribution in [0.25, 0.3) is 0 Å². The van der Waals surface area contributed by atoms with Gasteiger partial charge in [-0.05, 0) is 30.6 Å². The highest BCUT2D eigenvalue weighted by molar-refractivity contribution is 5.72. The first kappa shape index (κ1) is 11.5. The normalized spacial score (nSPS) is 41.8. The molecule has 2 aliphatic rings. The fourth-order valence-electron chi connectivity index (χ4n) is 3.91. The third-order valence-electron chi connectivity index (χ3n) is 4.31. The molecule has 88 valence electrons. The topological polar surface area (TPSA) is 26.3 Å². The first-order chi connectivity index (χ1) is 7.41. The van der Waals surface area contributed by atoms with Crippen molar-refractivity contribution in [2.45, 2.75) is 52.1 Å². The maximum atomic E-state index is 11.6. The van der Waals surface area contributed by atoms with Crippen molar-refractivity contribution in [2.24, 2.45) is 17.3 Å². The molecule has 2 fully saturated rings. The van der Waals surface area contributed by atoms with Gasteiger partial charge in [0.15, 0.2) is 5.60 Å². The van der Waals surface area contributed by atoms with Gasteiger partial charge in [-0.3, -0.25) is 4.79 Å². The van der Waals surface area contributed by atoms with Crippen LogP contribution < -0.4 is 0 Å². The average molecular weight is 220 g/mol. The van der Waals surface area contributed by atoms with E-state index in [4.69, 9.17) is 11.2 Å². The Balaban J connectivity index is 2.42. The number of carbonyl (C=O) groups is 1. The number of esters is 1. The molecule has 0 radical (unpaired) electrons. The molecule has 3 atom stereocenters. The minimum atomic E-state index is -0.628. The number of hydrogen-bond donors (Lipinski definition) is 0. The lowest BCUT2D eigenvalue weighted by molar-refractivity contribution is -0.190. The van der Waals surface area contributed by atoms with Crippen molar-refractivity contribution in [3.05, 3.63) is 0 Å². The highest BCUT2D eigenvalue weighted by Crippen LogP contribution is 2.54. The SMILES string of the molecule is C#CC12CCCC(C)(C)[C@H]1[C@H](C)CC(=O)O2. The van der Waals surface area contributed by atoms with Gasteiger partial charge < -0.3 is 4.74 Å². The molecule has 0 bridgehead atoms. The number of hydrogen-bond acceptors (Lipinski definition) is 2. The summed E-state index contributed by atoms with van der Waals surface area (Å²) in [6.07, 6.45) is 9.22. The predicted octanol–water partition coefficient (Wildman–Crippen LogP) is 2.77. The zero-order valence-corrected chi connectivity index (χ0v) is 10.4. The fraction of sp³-hybridized carbons (Fsp3) is 0.786. The summed E-state index contributed by atoms with van der Waals surface area (Å²) in [5.74, 6) is 3.30. The number of fused-ring (bicyclic) bond motifs is 1. The van der Waals surface area contributed by atoms with Crippen molar-refractivity contribution in [2.75, 3.05) is 0 Å². The van der Waals surface area contributed by atoms with Gasteiger partial charge in [0, 0.05) is 12.3 Å². The van der Waals surface area contributed by atoms with Crippen molar-refractivity contribution < 1.29 is 9.53 Å². The van der Waals surface area contributed by atoms with Gasteiger partial charge in [0.05, 0.1) is 0 Å². The van der Waals surface area contributed by atoms with Crippen LogP contribution in [0.5, 0.6) is 0 Å². The van der Waals surface area contributed by atoms with E-state index in [0.717, 1.165) is 12.8 Å². The van der Waals surface area contributed by atoms with Crippen LogP contribution in [0.3, 0.4) is 0 Å². The van der Waals surface area contributed by atoms with Gasteiger partial charge in [0.2, 0.25) is 0 Å². The van der Waals surface area contributed by atoms with E-state index in [1.807, 2.05) is 0 Å². The van der Waals surface area contributed by atoms with E-state index in [-0.39, 0.29) is 11.4 Å². The molecule has 2 rings (SSSR count). The molecule has 0 aromatic heterocycles. The third kappa shape index (κ3) is 1.54.